The van der Waals surface area contributed by atoms with Gasteiger partial charge < -0.3 is 15.0 Å². The minimum Gasteiger partial charge on any atom is -0.496 e. The predicted molar refractivity (Wildman–Crippen MR) is 96.4 cm³/mol. The molecule has 24 heavy (non-hydrogen) atoms. The number of carbonyl (C=O) groups is 1. The molecule has 0 radical (unpaired) electrons. The summed E-state index contributed by atoms with van der Waals surface area (Å²) in [6.45, 7) is 4.46. The van der Waals surface area contributed by atoms with Crippen LogP contribution in [0, 0.1) is 0 Å². The molecule has 1 aromatic rings. The number of hydrogen-bond donors (Lipinski definition) is 1. The molecule has 0 aromatic heterocycles. The Kier molecular flexibility index (Phi) is 5.77. The number of rotatable bonds is 8. The molecular weight excluding hydrogens is 300 g/mol. The Balaban J connectivity index is 1.50. The summed E-state index contributed by atoms with van der Waals surface area (Å²) in [6.07, 6.45) is 7.88. The molecule has 0 spiro atoms. The van der Waals surface area contributed by atoms with Gasteiger partial charge in [0.05, 0.1) is 12.5 Å². The highest BCUT2D eigenvalue weighted by Crippen LogP contribution is 2.47. The fourth-order valence-corrected chi connectivity index (χ4v) is 4.03. The van der Waals surface area contributed by atoms with Gasteiger partial charge in [-0.15, -0.1) is 0 Å². The third-order valence-electron chi connectivity index (χ3n) is 5.65. The molecule has 0 atom stereocenters. The maximum Gasteiger partial charge on any atom is 0.230 e. The number of methoxy groups -OCH3 is 1. The van der Waals surface area contributed by atoms with Gasteiger partial charge in [-0.1, -0.05) is 24.6 Å². The molecule has 1 amide bonds. The lowest BCUT2D eigenvalue weighted by Crippen LogP contribution is -2.49. The molecule has 4 nitrogen and oxygen atoms in total. The minimum absolute atomic E-state index is 0.180. The molecule has 1 saturated heterocycles. The Morgan fingerprint density at radius 2 is 1.92 bits per heavy atom. The lowest BCUT2D eigenvalue weighted by atomic mass is 9.63. The largest absolute Gasteiger partial charge is 0.496 e. The summed E-state index contributed by atoms with van der Waals surface area (Å²) < 4.78 is 5.49. The van der Waals surface area contributed by atoms with Crippen molar-refractivity contribution >= 4 is 5.91 Å². The number of unbranched alkanes of at least 4 members (excludes halogenated alkanes) is 1. The maximum absolute atomic E-state index is 12.9. The van der Waals surface area contributed by atoms with Crippen LogP contribution in [-0.4, -0.2) is 44.1 Å². The van der Waals surface area contributed by atoms with E-state index >= 15 is 0 Å². The van der Waals surface area contributed by atoms with Crippen molar-refractivity contribution in [2.45, 2.75) is 50.4 Å². The molecule has 2 aliphatic rings. The quantitative estimate of drug-likeness (QED) is 0.745. The summed E-state index contributed by atoms with van der Waals surface area (Å²) in [5.41, 5.74) is 0.676. The summed E-state index contributed by atoms with van der Waals surface area (Å²) in [5.74, 6) is 1.01. The van der Waals surface area contributed by atoms with Crippen LogP contribution in [0.1, 0.15) is 50.5 Å². The first-order valence-electron chi connectivity index (χ1n) is 9.40. The van der Waals surface area contributed by atoms with Crippen LogP contribution < -0.4 is 10.1 Å². The number of hydrogen-bond acceptors (Lipinski definition) is 3. The van der Waals surface area contributed by atoms with E-state index < -0.39 is 0 Å². The Hall–Kier alpha value is -1.55. The Bertz CT molecular complexity index is 548. The van der Waals surface area contributed by atoms with E-state index in [1.165, 1.54) is 38.9 Å². The highest BCUT2D eigenvalue weighted by molar-refractivity contribution is 5.90. The van der Waals surface area contributed by atoms with Crippen molar-refractivity contribution in [1.82, 2.24) is 10.2 Å². The van der Waals surface area contributed by atoms with Crippen LogP contribution in [-0.2, 0) is 10.2 Å². The maximum atomic E-state index is 12.9. The van der Waals surface area contributed by atoms with Gasteiger partial charge >= 0.3 is 0 Å². The van der Waals surface area contributed by atoms with Crippen LogP contribution in [0.4, 0.5) is 0 Å². The second-order valence-corrected chi connectivity index (χ2v) is 7.15. The molecule has 1 aliphatic heterocycles. The van der Waals surface area contributed by atoms with Crippen LogP contribution in [0.25, 0.3) is 0 Å². The topological polar surface area (TPSA) is 41.6 Å². The fraction of sp³-hybridized carbons (Fsp3) is 0.650. The third kappa shape index (κ3) is 3.59. The molecule has 132 valence electrons. The first-order chi connectivity index (χ1) is 11.8. The smallest absolute Gasteiger partial charge is 0.230 e. The molecule has 1 N–H and O–H groups in total. The summed E-state index contributed by atoms with van der Waals surface area (Å²) in [7, 11) is 1.68. The number of nitrogens with zero attached hydrogens (tertiary/aromatic N) is 1. The van der Waals surface area contributed by atoms with E-state index in [1.807, 2.05) is 24.3 Å². The molecule has 0 bridgehead atoms. The van der Waals surface area contributed by atoms with E-state index in [4.69, 9.17) is 4.74 Å². The van der Waals surface area contributed by atoms with Crippen molar-refractivity contribution in [1.29, 1.82) is 0 Å². The van der Waals surface area contributed by atoms with Gasteiger partial charge in [0.1, 0.15) is 5.75 Å². The fourth-order valence-electron chi connectivity index (χ4n) is 4.03. The van der Waals surface area contributed by atoms with Gasteiger partial charge in [0.25, 0.3) is 0 Å². The lowest BCUT2D eigenvalue weighted by Gasteiger charge is -2.41. The zero-order chi connectivity index (χ0) is 16.8. The lowest BCUT2D eigenvalue weighted by molar-refractivity contribution is -0.130. The van der Waals surface area contributed by atoms with Crippen molar-refractivity contribution in [3.8, 4) is 5.75 Å². The Morgan fingerprint density at radius 1 is 1.17 bits per heavy atom. The summed E-state index contributed by atoms with van der Waals surface area (Å²) in [5, 5.41) is 3.19. The van der Waals surface area contributed by atoms with Crippen molar-refractivity contribution in [2.75, 3.05) is 33.3 Å². The number of likely N-dealkylation sites (tertiary alicyclic amines) is 1. The van der Waals surface area contributed by atoms with Gasteiger partial charge in [-0.2, -0.15) is 0 Å². The molecular formula is C20H30N2O2. The monoisotopic (exact) mass is 330 g/mol. The number of ether oxygens (including phenoxy) is 1. The van der Waals surface area contributed by atoms with E-state index in [-0.39, 0.29) is 11.3 Å². The molecule has 1 aromatic carbocycles. The second-order valence-electron chi connectivity index (χ2n) is 7.15. The van der Waals surface area contributed by atoms with Crippen LogP contribution >= 0.6 is 0 Å². The summed E-state index contributed by atoms with van der Waals surface area (Å²) in [4.78, 5) is 15.4. The Morgan fingerprint density at radius 3 is 2.58 bits per heavy atom. The summed E-state index contributed by atoms with van der Waals surface area (Å²) >= 11 is 0. The van der Waals surface area contributed by atoms with Crippen LogP contribution in [0.15, 0.2) is 24.3 Å². The Labute approximate surface area is 145 Å². The zero-order valence-electron chi connectivity index (χ0n) is 14.9. The molecule has 0 unspecified atom stereocenters. The first-order valence-corrected chi connectivity index (χ1v) is 9.40. The zero-order valence-corrected chi connectivity index (χ0v) is 14.9. The van der Waals surface area contributed by atoms with Gasteiger partial charge in [-0.05, 0) is 64.2 Å². The first kappa shape index (κ1) is 17.3. The second kappa shape index (κ2) is 8.02. The van der Waals surface area contributed by atoms with E-state index in [0.29, 0.717) is 0 Å². The van der Waals surface area contributed by atoms with Gasteiger partial charge in [-0.3, -0.25) is 4.79 Å². The van der Waals surface area contributed by atoms with Gasteiger partial charge in [-0.25, -0.2) is 0 Å². The molecule has 1 aliphatic carbocycles. The average Bonchev–Trinajstić information content (AvgIpc) is 3.07. The SMILES string of the molecule is COc1ccccc1C1(C(=O)NCCCCN2CCCC2)CCC1. The molecule has 1 saturated carbocycles. The van der Waals surface area contributed by atoms with Crippen molar-refractivity contribution in [2.24, 2.45) is 0 Å². The third-order valence-corrected chi connectivity index (χ3v) is 5.65. The van der Waals surface area contributed by atoms with E-state index in [9.17, 15) is 4.79 Å². The van der Waals surface area contributed by atoms with Crippen LogP contribution in [0.2, 0.25) is 0 Å². The average molecular weight is 330 g/mol. The van der Waals surface area contributed by atoms with Crippen molar-refractivity contribution in [3.63, 3.8) is 0 Å². The number of para-hydroxylation sites is 1. The number of carbonyl (C=O) groups excluding carboxylic acids is 1. The normalized spacial score (nSPS) is 19.7. The highest BCUT2D eigenvalue weighted by Gasteiger charge is 2.47. The van der Waals surface area contributed by atoms with Crippen LogP contribution in [0.3, 0.4) is 0 Å². The number of nitrogens with one attached hydrogen (secondary N) is 1. The molecule has 1 heterocycles. The van der Waals surface area contributed by atoms with Crippen molar-refractivity contribution < 1.29 is 9.53 Å². The molecule has 4 heteroatoms. The minimum atomic E-state index is -0.373. The molecule has 2 fully saturated rings. The highest BCUT2D eigenvalue weighted by atomic mass is 16.5. The number of amides is 1. The summed E-state index contributed by atoms with van der Waals surface area (Å²) in [6, 6.07) is 7.97. The van der Waals surface area contributed by atoms with Gasteiger partial charge in [0, 0.05) is 12.1 Å². The van der Waals surface area contributed by atoms with E-state index in [0.717, 1.165) is 43.5 Å². The standard InChI is InChI=1S/C20H30N2O2/c1-24-18-10-3-2-9-17(18)20(11-8-12-20)19(23)21-13-4-5-14-22-15-6-7-16-22/h2-3,9-10H,4-8,11-16H2,1H3,(H,21,23). The van der Waals surface area contributed by atoms with Gasteiger partial charge in [0.15, 0.2) is 0 Å². The molecule has 3 rings (SSSR count). The van der Waals surface area contributed by atoms with E-state index in [1.54, 1.807) is 7.11 Å². The van der Waals surface area contributed by atoms with Crippen LogP contribution in [0.5, 0.6) is 5.75 Å². The van der Waals surface area contributed by atoms with Gasteiger partial charge in [0.2, 0.25) is 5.91 Å². The van der Waals surface area contributed by atoms with Crippen molar-refractivity contribution in [3.05, 3.63) is 29.8 Å². The predicted octanol–water partition coefficient (Wildman–Crippen LogP) is 3.11. The number of benzene rings is 1. The van der Waals surface area contributed by atoms with E-state index in [2.05, 4.69) is 10.2 Å².